The van der Waals surface area contributed by atoms with Gasteiger partial charge in [-0.15, -0.1) is 0 Å². The Hall–Kier alpha value is -3.61. The summed E-state index contributed by atoms with van der Waals surface area (Å²) < 4.78 is 11.9. The van der Waals surface area contributed by atoms with E-state index in [9.17, 15) is 9.59 Å². The number of amides is 1. The highest BCUT2D eigenvalue weighted by Crippen LogP contribution is 2.32. The molecule has 7 heteroatoms. The predicted molar refractivity (Wildman–Crippen MR) is 113 cm³/mol. The van der Waals surface area contributed by atoms with Crippen LogP contribution < -0.4 is 15.6 Å². The van der Waals surface area contributed by atoms with Crippen LogP contribution in [0.1, 0.15) is 15.9 Å². The molecule has 1 aromatic heterocycles. The molecule has 0 atom stereocenters. The van der Waals surface area contributed by atoms with Crippen LogP contribution in [0.15, 0.2) is 82.0 Å². The van der Waals surface area contributed by atoms with E-state index in [1.807, 2.05) is 0 Å². The lowest BCUT2D eigenvalue weighted by molar-refractivity contribution is 0.0703. The standard InChI is InChI=1S/C23H16ClNO5/c24-16-11-9-14(10-12-16)21-22(20(26)18-7-3-4-8-19(18)30-21)29-13-15-5-1-2-6-17(15)23(27)25-28/h1-12,28H,13H2,(H,25,27). The fourth-order valence-corrected chi connectivity index (χ4v) is 3.25. The van der Waals surface area contributed by atoms with Gasteiger partial charge in [0.05, 0.1) is 5.39 Å². The Morgan fingerprint density at radius 1 is 1.00 bits per heavy atom. The Balaban J connectivity index is 1.81. The molecule has 0 radical (unpaired) electrons. The van der Waals surface area contributed by atoms with Gasteiger partial charge in [0.2, 0.25) is 11.2 Å². The molecule has 4 aromatic rings. The highest BCUT2D eigenvalue weighted by atomic mass is 35.5. The van der Waals surface area contributed by atoms with Gasteiger partial charge >= 0.3 is 0 Å². The Morgan fingerprint density at radius 2 is 1.70 bits per heavy atom. The molecule has 4 rings (SSSR count). The summed E-state index contributed by atoms with van der Waals surface area (Å²) in [7, 11) is 0. The number of hydroxylamine groups is 1. The van der Waals surface area contributed by atoms with Crippen LogP contribution in [0.3, 0.4) is 0 Å². The van der Waals surface area contributed by atoms with Crippen molar-refractivity contribution in [1.82, 2.24) is 5.48 Å². The SMILES string of the molecule is O=C(NO)c1ccccc1COc1c(-c2ccc(Cl)cc2)oc2ccccc2c1=O. The third kappa shape index (κ3) is 3.78. The third-order valence-electron chi connectivity index (χ3n) is 4.60. The number of carbonyl (C=O) groups excluding carboxylic acids is 1. The van der Waals surface area contributed by atoms with Crippen LogP contribution in [-0.4, -0.2) is 11.1 Å². The van der Waals surface area contributed by atoms with Gasteiger partial charge in [-0.25, -0.2) is 5.48 Å². The fourth-order valence-electron chi connectivity index (χ4n) is 3.13. The molecular weight excluding hydrogens is 406 g/mol. The maximum absolute atomic E-state index is 13.2. The third-order valence-corrected chi connectivity index (χ3v) is 4.85. The zero-order chi connectivity index (χ0) is 21.1. The molecule has 0 unspecified atom stereocenters. The molecule has 3 aromatic carbocycles. The van der Waals surface area contributed by atoms with E-state index in [0.717, 1.165) is 0 Å². The summed E-state index contributed by atoms with van der Waals surface area (Å²) in [5, 5.41) is 9.89. The maximum Gasteiger partial charge on any atom is 0.275 e. The summed E-state index contributed by atoms with van der Waals surface area (Å²) in [5.74, 6) is -0.382. The van der Waals surface area contributed by atoms with Crippen LogP contribution in [0.25, 0.3) is 22.3 Å². The van der Waals surface area contributed by atoms with E-state index in [-0.39, 0.29) is 29.1 Å². The van der Waals surface area contributed by atoms with Crippen LogP contribution in [0.2, 0.25) is 5.02 Å². The Morgan fingerprint density at radius 3 is 2.47 bits per heavy atom. The molecule has 2 N–H and O–H groups in total. The predicted octanol–water partition coefficient (Wildman–Crippen LogP) is 4.81. The zero-order valence-corrected chi connectivity index (χ0v) is 16.3. The van der Waals surface area contributed by atoms with E-state index < -0.39 is 5.91 Å². The largest absolute Gasteiger partial charge is 0.481 e. The molecule has 0 aliphatic heterocycles. The van der Waals surface area contributed by atoms with Gasteiger partial charge in [-0.05, 0) is 42.5 Å². The second kappa shape index (κ2) is 8.41. The highest BCUT2D eigenvalue weighted by Gasteiger charge is 2.19. The average molecular weight is 422 g/mol. The second-order valence-corrected chi connectivity index (χ2v) is 6.92. The van der Waals surface area contributed by atoms with Crippen LogP contribution in [0, 0.1) is 0 Å². The van der Waals surface area contributed by atoms with Gasteiger partial charge in [0.25, 0.3) is 5.91 Å². The molecule has 0 aliphatic carbocycles. The molecule has 0 saturated heterocycles. The van der Waals surface area contributed by atoms with Gasteiger partial charge in [-0.2, -0.15) is 0 Å². The first-order valence-corrected chi connectivity index (χ1v) is 9.43. The van der Waals surface area contributed by atoms with Crippen molar-refractivity contribution in [1.29, 1.82) is 0 Å². The lowest BCUT2D eigenvalue weighted by Crippen LogP contribution is -2.21. The number of carbonyl (C=O) groups is 1. The van der Waals surface area contributed by atoms with Crippen molar-refractivity contribution in [2.24, 2.45) is 0 Å². The number of ether oxygens (including phenoxy) is 1. The first kappa shape index (κ1) is 19.7. The van der Waals surface area contributed by atoms with E-state index in [1.165, 1.54) is 0 Å². The molecule has 1 amide bonds. The molecular formula is C23H16ClNO5. The zero-order valence-electron chi connectivity index (χ0n) is 15.6. The number of benzene rings is 3. The van der Waals surface area contributed by atoms with Crippen LogP contribution in [-0.2, 0) is 6.61 Å². The molecule has 1 heterocycles. The van der Waals surface area contributed by atoms with E-state index >= 15 is 0 Å². The highest BCUT2D eigenvalue weighted by molar-refractivity contribution is 6.30. The van der Waals surface area contributed by atoms with E-state index in [0.29, 0.717) is 27.1 Å². The first-order chi connectivity index (χ1) is 14.6. The monoisotopic (exact) mass is 421 g/mol. The molecule has 0 bridgehead atoms. The number of rotatable bonds is 5. The molecule has 6 nitrogen and oxygen atoms in total. The Labute approximate surface area is 176 Å². The molecule has 30 heavy (non-hydrogen) atoms. The number of para-hydroxylation sites is 1. The van der Waals surface area contributed by atoms with Crippen molar-refractivity contribution < 1.29 is 19.2 Å². The summed E-state index contributed by atoms with van der Waals surface area (Å²) in [6.45, 7) is -0.0761. The summed E-state index contributed by atoms with van der Waals surface area (Å²) >= 11 is 5.99. The maximum atomic E-state index is 13.2. The molecule has 0 aliphatic rings. The minimum atomic E-state index is -0.669. The van der Waals surface area contributed by atoms with Crippen molar-refractivity contribution in [2.75, 3.05) is 0 Å². The van der Waals surface area contributed by atoms with Gasteiger partial charge in [0, 0.05) is 21.7 Å². The van der Waals surface area contributed by atoms with Gasteiger partial charge < -0.3 is 9.15 Å². The number of hydrogen-bond donors (Lipinski definition) is 2. The van der Waals surface area contributed by atoms with Crippen LogP contribution in [0.5, 0.6) is 5.75 Å². The lowest BCUT2D eigenvalue weighted by Gasteiger charge is -2.13. The quantitative estimate of drug-likeness (QED) is 0.356. The molecule has 0 spiro atoms. The minimum absolute atomic E-state index is 0.0234. The van der Waals surface area contributed by atoms with Gasteiger partial charge in [-0.1, -0.05) is 41.9 Å². The molecule has 150 valence electrons. The van der Waals surface area contributed by atoms with Crippen molar-refractivity contribution in [2.45, 2.75) is 6.61 Å². The van der Waals surface area contributed by atoms with Crippen LogP contribution >= 0.6 is 11.6 Å². The van der Waals surface area contributed by atoms with Gasteiger partial charge in [-0.3, -0.25) is 14.8 Å². The Bertz CT molecular complexity index is 1280. The molecule has 0 saturated carbocycles. The number of hydrogen-bond acceptors (Lipinski definition) is 5. The second-order valence-electron chi connectivity index (χ2n) is 6.48. The van der Waals surface area contributed by atoms with E-state index in [1.54, 1.807) is 78.3 Å². The number of fused-ring (bicyclic) bond motifs is 1. The average Bonchev–Trinajstić information content (AvgIpc) is 2.78. The van der Waals surface area contributed by atoms with E-state index in [4.69, 9.17) is 26.0 Å². The molecule has 0 fully saturated rings. The summed E-state index contributed by atoms with van der Waals surface area (Å²) in [6, 6.07) is 20.4. The first-order valence-electron chi connectivity index (χ1n) is 9.05. The fraction of sp³-hybridized carbons (Fsp3) is 0.0435. The summed E-state index contributed by atoms with van der Waals surface area (Å²) in [4.78, 5) is 25.1. The van der Waals surface area contributed by atoms with Crippen molar-refractivity contribution >= 4 is 28.5 Å². The topological polar surface area (TPSA) is 88.8 Å². The normalized spacial score (nSPS) is 10.7. The Kier molecular flexibility index (Phi) is 5.52. The van der Waals surface area contributed by atoms with Crippen molar-refractivity contribution in [3.63, 3.8) is 0 Å². The summed E-state index contributed by atoms with van der Waals surface area (Å²) in [6.07, 6.45) is 0. The summed E-state index contributed by atoms with van der Waals surface area (Å²) in [5.41, 5.74) is 3.07. The number of nitrogens with one attached hydrogen (secondary N) is 1. The van der Waals surface area contributed by atoms with Crippen molar-refractivity contribution in [3.8, 4) is 17.1 Å². The lowest BCUT2D eigenvalue weighted by atomic mass is 10.1. The number of halogens is 1. The van der Waals surface area contributed by atoms with Crippen molar-refractivity contribution in [3.05, 3.63) is 99.2 Å². The van der Waals surface area contributed by atoms with Gasteiger partial charge in [0.15, 0.2) is 5.76 Å². The van der Waals surface area contributed by atoms with Crippen LogP contribution in [0.4, 0.5) is 0 Å². The minimum Gasteiger partial charge on any atom is -0.481 e. The smallest absolute Gasteiger partial charge is 0.275 e. The van der Waals surface area contributed by atoms with E-state index in [2.05, 4.69) is 0 Å². The van der Waals surface area contributed by atoms with Gasteiger partial charge in [0.1, 0.15) is 12.2 Å².